The van der Waals surface area contributed by atoms with Crippen LogP contribution >= 0.6 is 34.8 Å². The summed E-state index contributed by atoms with van der Waals surface area (Å²) in [5.41, 5.74) is 1.71. The van der Waals surface area contributed by atoms with Crippen molar-refractivity contribution < 1.29 is 9.21 Å². The van der Waals surface area contributed by atoms with Gasteiger partial charge in [-0.05, 0) is 55.5 Å². The van der Waals surface area contributed by atoms with Gasteiger partial charge in [-0.1, -0.05) is 34.8 Å². The fourth-order valence-electron chi connectivity index (χ4n) is 2.25. The molecule has 1 heterocycles. The lowest BCUT2D eigenvalue weighted by molar-refractivity contribution is 0.102. The first-order valence-corrected chi connectivity index (χ1v) is 8.20. The van der Waals surface area contributed by atoms with E-state index in [1.807, 2.05) is 12.1 Å². The molecule has 0 radical (unpaired) electrons. The summed E-state index contributed by atoms with van der Waals surface area (Å²) in [5, 5.41) is 4.28. The van der Waals surface area contributed by atoms with Gasteiger partial charge in [-0.3, -0.25) is 4.79 Å². The third kappa shape index (κ3) is 3.59. The van der Waals surface area contributed by atoms with Crippen LogP contribution < -0.4 is 5.32 Å². The Kier molecular flexibility index (Phi) is 4.86. The molecule has 0 spiro atoms. The third-order valence-electron chi connectivity index (χ3n) is 3.47. The lowest BCUT2D eigenvalue weighted by Gasteiger charge is -2.06. The molecule has 122 valence electrons. The Morgan fingerprint density at radius 2 is 1.62 bits per heavy atom. The quantitative estimate of drug-likeness (QED) is 0.566. The van der Waals surface area contributed by atoms with Crippen molar-refractivity contribution in [3.05, 3.63) is 74.9 Å². The number of hydrogen-bond acceptors (Lipinski definition) is 2. The largest absolute Gasteiger partial charge is 0.461 e. The number of benzene rings is 2. The summed E-state index contributed by atoms with van der Waals surface area (Å²) in [4.78, 5) is 12.5. The number of hydrogen-bond donors (Lipinski definition) is 1. The molecule has 0 aliphatic heterocycles. The Balaban J connectivity index is 1.88. The van der Waals surface area contributed by atoms with Gasteiger partial charge in [0.05, 0.1) is 16.3 Å². The van der Waals surface area contributed by atoms with E-state index in [-0.39, 0.29) is 5.91 Å². The number of rotatable bonds is 3. The molecule has 2 aromatic carbocycles. The van der Waals surface area contributed by atoms with Crippen LogP contribution in [0.1, 0.15) is 16.1 Å². The van der Waals surface area contributed by atoms with Gasteiger partial charge in [0.1, 0.15) is 11.5 Å². The number of nitrogens with one attached hydrogen (secondary N) is 1. The molecule has 0 atom stereocenters. The normalized spacial score (nSPS) is 10.7. The molecule has 0 aliphatic carbocycles. The number of halogens is 3. The van der Waals surface area contributed by atoms with Crippen LogP contribution in [0.25, 0.3) is 11.3 Å². The van der Waals surface area contributed by atoms with Crippen molar-refractivity contribution in [3.63, 3.8) is 0 Å². The van der Waals surface area contributed by atoms with E-state index >= 15 is 0 Å². The van der Waals surface area contributed by atoms with Crippen molar-refractivity contribution in [1.82, 2.24) is 0 Å². The van der Waals surface area contributed by atoms with Gasteiger partial charge in [-0.2, -0.15) is 0 Å². The topological polar surface area (TPSA) is 42.2 Å². The van der Waals surface area contributed by atoms with E-state index in [1.54, 1.807) is 43.3 Å². The summed E-state index contributed by atoms with van der Waals surface area (Å²) in [6.07, 6.45) is 0. The summed E-state index contributed by atoms with van der Waals surface area (Å²) in [6, 6.07) is 13.7. The number of furan rings is 1. The van der Waals surface area contributed by atoms with Crippen LogP contribution in [0.3, 0.4) is 0 Å². The molecule has 0 bridgehead atoms. The lowest BCUT2D eigenvalue weighted by atomic mass is 10.1. The molecular weight excluding hydrogens is 369 g/mol. The smallest absolute Gasteiger partial charge is 0.259 e. The van der Waals surface area contributed by atoms with Crippen LogP contribution in [0.4, 0.5) is 5.69 Å². The minimum Gasteiger partial charge on any atom is -0.461 e. The fraction of sp³-hybridized carbons (Fsp3) is 0.0556. The standard InChI is InChI=1S/C18H12Cl3NO2/c1-10-14(9-17(24-10)11-2-4-12(19)5-3-11)18(23)22-16-8-13(20)6-7-15(16)21/h2-9H,1H3,(H,22,23). The van der Waals surface area contributed by atoms with Crippen LogP contribution in [0, 0.1) is 6.92 Å². The van der Waals surface area contributed by atoms with Crippen molar-refractivity contribution in [3.8, 4) is 11.3 Å². The number of aryl methyl sites for hydroxylation is 1. The average molecular weight is 381 g/mol. The number of carbonyl (C=O) groups is 1. The Bertz CT molecular complexity index is 901. The zero-order valence-corrected chi connectivity index (χ0v) is 14.8. The van der Waals surface area contributed by atoms with E-state index in [4.69, 9.17) is 39.2 Å². The first-order valence-electron chi connectivity index (χ1n) is 7.07. The number of carbonyl (C=O) groups excluding carboxylic acids is 1. The zero-order chi connectivity index (χ0) is 17.3. The van der Waals surface area contributed by atoms with Crippen LogP contribution in [0.15, 0.2) is 52.9 Å². The van der Waals surface area contributed by atoms with Crippen LogP contribution in [-0.2, 0) is 0 Å². The molecule has 1 aromatic heterocycles. The minimum absolute atomic E-state index is 0.319. The molecule has 24 heavy (non-hydrogen) atoms. The maximum Gasteiger partial charge on any atom is 0.259 e. The van der Waals surface area contributed by atoms with Crippen LogP contribution in [0.5, 0.6) is 0 Å². The van der Waals surface area contributed by atoms with E-state index in [2.05, 4.69) is 5.32 Å². The van der Waals surface area contributed by atoms with Gasteiger partial charge in [0.25, 0.3) is 5.91 Å². The minimum atomic E-state index is -0.319. The second kappa shape index (κ2) is 6.89. The SMILES string of the molecule is Cc1oc(-c2ccc(Cl)cc2)cc1C(=O)Nc1cc(Cl)ccc1Cl. The fourth-order valence-corrected chi connectivity index (χ4v) is 2.71. The van der Waals surface area contributed by atoms with Gasteiger partial charge < -0.3 is 9.73 Å². The predicted octanol–water partition coefficient (Wildman–Crippen LogP) is 6.47. The molecule has 0 fully saturated rings. The second-order valence-electron chi connectivity index (χ2n) is 5.17. The summed E-state index contributed by atoms with van der Waals surface area (Å²) >= 11 is 17.9. The van der Waals surface area contributed by atoms with Crippen molar-refractivity contribution in [1.29, 1.82) is 0 Å². The first-order chi connectivity index (χ1) is 11.4. The molecule has 3 rings (SSSR count). The summed E-state index contributed by atoms with van der Waals surface area (Å²) in [7, 11) is 0. The highest BCUT2D eigenvalue weighted by Crippen LogP contribution is 2.29. The Hall–Kier alpha value is -1.94. The average Bonchev–Trinajstić information content (AvgIpc) is 2.93. The van der Waals surface area contributed by atoms with E-state index in [1.165, 1.54) is 0 Å². The number of amides is 1. The monoisotopic (exact) mass is 379 g/mol. The van der Waals surface area contributed by atoms with Gasteiger partial charge in [-0.25, -0.2) is 0 Å². The highest BCUT2D eigenvalue weighted by Gasteiger charge is 2.17. The Labute approximate surface area is 154 Å². The van der Waals surface area contributed by atoms with E-state index in [0.717, 1.165) is 5.56 Å². The molecular formula is C18H12Cl3NO2. The van der Waals surface area contributed by atoms with Crippen molar-refractivity contribution >= 4 is 46.4 Å². The van der Waals surface area contributed by atoms with E-state index in [0.29, 0.717) is 37.8 Å². The number of anilines is 1. The summed E-state index contributed by atoms with van der Waals surface area (Å²) in [6.45, 7) is 1.73. The summed E-state index contributed by atoms with van der Waals surface area (Å²) < 4.78 is 5.69. The molecule has 3 aromatic rings. The third-order valence-corrected chi connectivity index (χ3v) is 4.28. The van der Waals surface area contributed by atoms with Gasteiger partial charge in [0.15, 0.2) is 0 Å². The molecule has 1 N–H and O–H groups in total. The van der Waals surface area contributed by atoms with Crippen LogP contribution in [-0.4, -0.2) is 5.91 Å². The van der Waals surface area contributed by atoms with Crippen LogP contribution in [0.2, 0.25) is 15.1 Å². The van der Waals surface area contributed by atoms with Gasteiger partial charge >= 0.3 is 0 Å². The van der Waals surface area contributed by atoms with Gasteiger partial charge in [0.2, 0.25) is 0 Å². The molecule has 0 saturated heterocycles. The maximum absolute atomic E-state index is 12.5. The maximum atomic E-state index is 12.5. The molecule has 0 unspecified atom stereocenters. The zero-order valence-electron chi connectivity index (χ0n) is 12.6. The lowest BCUT2D eigenvalue weighted by Crippen LogP contribution is -2.12. The molecule has 3 nitrogen and oxygen atoms in total. The Morgan fingerprint density at radius 3 is 2.33 bits per heavy atom. The predicted molar refractivity (Wildman–Crippen MR) is 98.3 cm³/mol. The van der Waals surface area contributed by atoms with Gasteiger partial charge in [0, 0.05) is 15.6 Å². The Morgan fingerprint density at radius 1 is 0.958 bits per heavy atom. The molecule has 1 amide bonds. The highest BCUT2D eigenvalue weighted by molar-refractivity contribution is 6.36. The van der Waals surface area contributed by atoms with Crippen molar-refractivity contribution in [2.45, 2.75) is 6.92 Å². The first kappa shape index (κ1) is 16.9. The molecule has 6 heteroatoms. The molecule has 0 saturated carbocycles. The summed E-state index contributed by atoms with van der Waals surface area (Å²) in [5.74, 6) is 0.780. The highest BCUT2D eigenvalue weighted by atomic mass is 35.5. The van der Waals surface area contributed by atoms with E-state index < -0.39 is 0 Å². The van der Waals surface area contributed by atoms with Crippen molar-refractivity contribution in [2.75, 3.05) is 5.32 Å². The van der Waals surface area contributed by atoms with Crippen molar-refractivity contribution in [2.24, 2.45) is 0 Å². The van der Waals surface area contributed by atoms with Gasteiger partial charge in [-0.15, -0.1) is 0 Å². The van der Waals surface area contributed by atoms with E-state index in [9.17, 15) is 4.79 Å². The molecule has 0 aliphatic rings. The second-order valence-corrected chi connectivity index (χ2v) is 6.45.